The van der Waals surface area contributed by atoms with Crippen LogP contribution in [-0.2, 0) is 6.42 Å². The molecule has 0 amide bonds. The van der Waals surface area contributed by atoms with Gasteiger partial charge in [0.2, 0.25) is 0 Å². The van der Waals surface area contributed by atoms with Gasteiger partial charge in [-0.2, -0.15) is 0 Å². The van der Waals surface area contributed by atoms with E-state index in [1.165, 1.54) is 0 Å². The molecule has 1 N–H and O–H groups in total. The molecule has 100 valence electrons. The fourth-order valence-corrected chi connectivity index (χ4v) is 2.38. The van der Waals surface area contributed by atoms with E-state index in [0.29, 0.717) is 5.82 Å². The summed E-state index contributed by atoms with van der Waals surface area (Å²) in [5, 5.41) is 3.25. The van der Waals surface area contributed by atoms with Crippen LogP contribution in [-0.4, -0.2) is 21.5 Å². The summed E-state index contributed by atoms with van der Waals surface area (Å²) in [6.07, 6.45) is 2.63. The zero-order valence-corrected chi connectivity index (χ0v) is 13.0. The summed E-state index contributed by atoms with van der Waals surface area (Å²) < 4.78 is 0.938. The Labute approximate surface area is 121 Å². The maximum absolute atomic E-state index is 4.58. The average molecular weight is 321 g/mol. The lowest BCUT2D eigenvalue weighted by Crippen LogP contribution is -2.06. The molecule has 0 fully saturated rings. The Morgan fingerprint density at radius 3 is 2.68 bits per heavy atom. The van der Waals surface area contributed by atoms with Gasteiger partial charge in [0.15, 0.2) is 5.82 Å². The summed E-state index contributed by atoms with van der Waals surface area (Å²) in [5.41, 5.74) is 2.95. The van der Waals surface area contributed by atoms with Gasteiger partial charge < -0.3 is 5.32 Å². The first-order valence-corrected chi connectivity index (χ1v) is 7.18. The van der Waals surface area contributed by atoms with Crippen LogP contribution in [0.25, 0.3) is 11.5 Å². The lowest BCUT2D eigenvalue weighted by Gasteiger charge is -2.11. The third kappa shape index (κ3) is 3.10. The molecule has 2 heterocycles. The quantitative estimate of drug-likeness (QED) is 0.935. The van der Waals surface area contributed by atoms with Crippen LogP contribution in [0.4, 0.5) is 5.82 Å². The predicted octanol–water partition coefficient (Wildman–Crippen LogP) is 3.60. The van der Waals surface area contributed by atoms with Crippen molar-refractivity contribution in [1.29, 1.82) is 0 Å². The van der Waals surface area contributed by atoms with E-state index in [0.717, 1.165) is 40.2 Å². The van der Waals surface area contributed by atoms with E-state index in [-0.39, 0.29) is 0 Å². The largest absolute Gasteiger partial charge is 0.369 e. The lowest BCUT2D eigenvalue weighted by molar-refractivity contribution is 0.977. The van der Waals surface area contributed by atoms with Gasteiger partial charge in [0.25, 0.3) is 0 Å². The first-order chi connectivity index (χ1) is 9.15. The van der Waals surface area contributed by atoms with Crippen LogP contribution >= 0.6 is 15.9 Å². The van der Waals surface area contributed by atoms with Crippen molar-refractivity contribution >= 4 is 21.7 Å². The Bertz CT molecular complexity index is 584. The molecule has 0 aliphatic rings. The predicted molar refractivity (Wildman–Crippen MR) is 81.2 cm³/mol. The second-order valence-corrected chi connectivity index (χ2v) is 5.05. The van der Waals surface area contributed by atoms with Crippen LogP contribution < -0.4 is 5.32 Å². The fourth-order valence-electron chi connectivity index (χ4n) is 1.79. The van der Waals surface area contributed by atoms with Gasteiger partial charge in [-0.15, -0.1) is 0 Å². The summed E-state index contributed by atoms with van der Waals surface area (Å²) in [5.74, 6) is 1.49. The van der Waals surface area contributed by atoms with Crippen molar-refractivity contribution in [3.05, 3.63) is 34.1 Å². The van der Waals surface area contributed by atoms with Gasteiger partial charge in [0.05, 0.1) is 10.2 Å². The minimum atomic E-state index is 0.666. The number of anilines is 1. The van der Waals surface area contributed by atoms with Crippen molar-refractivity contribution in [3.8, 4) is 11.5 Å². The fraction of sp³-hybridized carbons (Fsp3) is 0.357. The van der Waals surface area contributed by atoms with Crippen LogP contribution in [0.2, 0.25) is 0 Å². The van der Waals surface area contributed by atoms with Crippen LogP contribution in [0.3, 0.4) is 0 Å². The Hall–Kier alpha value is -1.49. The number of nitrogens with one attached hydrogen (secondary N) is 1. The molecular formula is C14H17BrN4. The van der Waals surface area contributed by atoms with E-state index in [1.54, 1.807) is 6.20 Å². The summed E-state index contributed by atoms with van der Waals surface area (Å²) in [6, 6.07) is 3.96. The minimum absolute atomic E-state index is 0.666. The molecule has 2 aromatic rings. The number of halogens is 1. The summed E-state index contributed by atoms with van der Waals surface area (Å²) in [7, 11) is 0. The van der Waals surface area contributed by atoms with E-state index in [9.17, 15) is 0 Å². The molecule has 4 nitrogen and oxygen atoms in total. The summed E-state index contributed by atoms with van der Waals surface area (Å²) >= 11 is 3.56. The molecule has 19 heavy (non-hydrogen) atoms. The molecular weight excluding hydrogens is 304 g/mol. The SMILES string of the molecule is CCNc1nc(-c2cc(C)ccn2)nc(CC)c1Br. The molecule has 2 rings (SSSR count). The van der Waals surface area contributed by atoms with Crippen molar-refractivity contribution in [3.63, 3.8) is 0 Å². The highest BCUT2D eigenvalue weighted by Crippen LogP contribution is 2.27. The molecule has 0 aliphatic carbocycles. The molecule has 0 spiro atoms. The topological polar surface area (TPSA) is 50.7 Å². The monoisotopic (exact) mass is 320 g/mol. The molecule has 0 saturated heterocycles. The molecule has 0 aromatic carbocycles. The van der Waals surface area contributed by atoms with Gasteiger partial charge in [-0.05, 0) is 53.9 Å². The normalized spacial score (nSPS) is 10.5. The molecule has 2 aromatic heterocycles. The molecule has 5 heteroatoms. The van der Waals surface area contributed by atoms with E-state index in [4.69, 9.17) is 0 Å². The number of hydrogen-bond acceptors (Lipinski definition) is 4. The van der Waals surface area contributed by atoms with Crippen molar-refractivity contribution in [2.24, 2.45) is 0 Å². The molecule has 0 atom stereocenters. The highest BCUT2D eigenvalue weighted by Gasteiger charge is 2.12. The molecule has 0 bridgehead atoms. The highest BCUT2D eigenvalue weighted by atomic mass is 79.9. The Morgan fingerprint density at radius 2 is 2.05 bits per heavy atom. The van der Waals surface area contributed by atoms with Crippen LogP contribution in [0.5, 0.6) is 0 Å². The Morgan fingerprint density at radius 1 is 1.26 bits per heavy atom. The van der Waals surface area contributed by atoms with Crippen LogP contribution in [0, 0.1) is 6.92 Å². The lowest BCUT2D eigenvalue weighted by atomic mass is 10.2. The molecule has 0 radical (unpaired) electrons. The number of hydrogen-bond donors (Lipinski definition) is 1. The van der Waals surface area contributed by atoms with Crippen LogP contribution in [0.15, 0.2) is 22.8 Å². The maximum atomic E-state index is 4.58. The van der Waals surface area contributed by atoms with E-state index in [2.05, 4.69) is 43.1 Å². The first-order valence-electron chi connectivity index (χ1n) is 6.39. The Balaban J connectivity index is 2.54. The number of rotatable bonds is 4. The van der Waals surface area contributed by atoms with Crippen molar-refractivity contribution in [1.82, 2.24) is 15.0 Å². The zero-order valence-electron chi connectivity index (χ0n) is 11.4. The third-order valence-corrected chi connectivity index (χ3v) is 3.58. The maximum Gasteiger partial charge on any atom is 0.180 e. The number of aromatic nitrogens is 3. The zero-order chi connectivity index (χ0) is 13.8. The summed E-state index contributed by atoms with van der Waals surface area (Å²) in [4.78, 5) is 13.5. The van der Waals surface area contributed by atoms with Gasteiger partial charge in [-0.3, -0.25) is 4.98 Å². The van der Waals surface area contributed by atoms with E-state index < -0.39 is 0 Å². The standard InChI is InChI=1S/C14H17BrN4/c1-4-10-12(15)14(16-5-2)19-13(18-10)11-8-9(3)6-7-17-11/h6-8H,4-5H2,1-3H3,(H,16,18,19). The van der Waals surface area contributed by atoms with Gasteiger partial charge >= 0.3 is 0 Å². The smallest absolute Gasteiger partial charge is 0.180 e. The number of nitrogens with zero attached hydrogens (tertiary/aromatic N) is 3. The van der Waals surface area contributed by atoms with Gasteiger partial charge in [0.1, 0.15) is 11.5 Å². The van der Waals surface area contributed by atoms with Gasteiger partial charge in [-0.25, -0.2) is 9.97 Å². The third-order valence-electron chi connectivity index (χ3n) is 2.74. The molecule has 0 saturated carbocycles. The van der Waals surface area contributed by atoms with E-state index >= 15 is 0 Å². The average Bonchev–Trinajstić information content (AvgIpc) is 2.41. The van der Waals surface area contributed by atoms with Gasteiger partial charge in [0, 0.05) is 12.7 Å². The minimum Gasteiger partial charge on any atom is -0.369 e. The van der Waals surface area contributed by atoms with Crippen molar-refractivity contribution in [2.75, 3.05) is 11.9 Å². The first kappa shape index (κ1) is 13.9. The van der Waals surface area contributed by atoms with E-state index in [1.807, 2.05) is 26.0 Å². The van der Waals surface area contributed by atoms with Gasteiger partial charge in [-0.1, -0.05) is 6.92 Å². The second kappa shape index (κ2) is 6.10. The summed E-state index contributed by atoms with van der Waals surface area (Å²) in [6.45, 7) is 6.98. The van der Waals surface area contributed by atoms with Crippen molar-refractivity contribution in [2.45, 2.75) is 27.2 Å². The van der Waals surface area contributed by atoms with Crippen molar-refractivity contribution < 1.29 is 0 Å². The Kier molecular flexibility index (Phi) is 4.47. The molecule has 0 unspecified atom stereocenters. The molecule has 0 aliphatic heterocycles. The highest BCUT2D eigenvalue weighted by molar-refractivity contribution is 9.10. The number of pyridine rings is 1. The second-order valence-electron chi connectivity index (χ2n) is 4.26. The van der Waals surface area contributed by atoms with Crippen LogP contribution in [0.1, 0.15) is 25.1 Å². The number of aryl methyl sites for hydroxylation is 2.